The van der Waals surface area contributed by atoms with Crippen LogP contribution in [0.15, 0.2) is 0 Å². The van der Waals surface area contributed by atoms with Gasteiger partial charge in [-0.25, -0.2) is 0 Å². The van der Waals surface area contributed by atoms with Crippen molar-refractivity contribution >= 4 is 0 Å². The van der Waals surface area contributed by atoms with E-state index >= 15 is 0 Å². The molecular formula is C9H19NO. The molecule has 0 saturated carbocycles. The summed E-state index contributed by atoms with van der Waals surface area (Å²) in [6.07, 6.45) is 1.18. The molecule has 0 spiro atoms. The Morgan fingerprint density at radius 3 is 2.82 bits per heavy atom. The van der Waals surface area contributed by atoms with E-state index in [2.05, 4.69) is 25.7 Å². The molecule has 1 unspecified atom stereocenters. The quantitative estimate of drug-likeness (QED) is 0.572. The third kappa shape index (κ3) is 2.46. The highest BCUT2D eigenvalue weighted by Gasteiger charge is 2.18. The van der Waals surface area contributed by atoms with E-state index in [0.29, 0.717) is 12.1 Å². The molecule has 0 amide bonds. The van der Waals surface area contributed by atoms with E-state index in [1.165, 1.54) is 13.0 Å². The van der Waals surface area contributed by atoms with E-state index in [-0.39, 0.29) is 0 Å². The van der Waals surface area contributed by atoms with Crippen LogP contribution >= 0.6 is 0 Å². The van der Waals surface area contributed by atoms with Gasteiger partial charge in [0, 0.05) is 25.2 Å². The Balaban J connectivity index is 2.45. The Labute approximate surface area is 69.5 Å². The lowest BCUT2D eigenvalue weighted by molar-refractivity contribution is 0.0958. The zero-order valence-corrected chi connectivity index (χ0v) is 7.84. The van der Waals surface area contributed by atoms with Crippen molar-refractivity contribution < 1.29 is 4.74 Å². The van der Waals surface area contributed by atoms with Crippen LogP contribution in [0.2, 0.25) is 0 Å². The van der Waals surface area contributed by atoms with Gasteiger partial charge in [-0.2, -0.15) is 0 Å². The Bertz CT molecular complexity index is 114. The van der Waals surface area contributed by atoms with E-state index in [0.717, 1.165) is 13.2 Å². The highest BCUT2D eigenvalue weighted by molar-refractivity contribution is 4.72. The summed E-state index contributed by atoms with van der Waals surface area (Å²) in [5.74, 6) is 0. The molecule has 1 fully saturated rings. The van der Waals surface area contributed by atoms with Crippen molar-refractivity contribution in [1.82, 2.24) is 4.90 Å². The fraction of sp³-hybridized carbons (Fsp3) is 1.00. The largest absolute Gasteiger partial charge is 0.380 e. The maximum absolute atomic E-state index is 5.45. The minimum Gasteiger partial charge on any atom is -0.380 e. The van der Waals surface area contributed by atoms with E-state index in [4.69, 9.17) is 4.74 Å². The lowest BCUT2D eigenvalue weighted by Crippen LogP contribution is -2.40. The zero-order chi connectivity index (χ0) is 8.27. The normalized spacial score (nSPS) is 28.9. The first-order valence-corrected chi connectivity index (χ1v) is 4.55. The molecule has 1 heterocycles. The van der Waals surface area contributed by atoms with Gasteiger partial charge in [0.25, 0.3) is 0 Å². The molecule has 1 saturated heterocycles. The second-order valence-corrected chi connectivity index (χ2v) is 3.61. The third-order valence-electron chi connectivity index (χ3n) is 2.29. The minimum atomic E-state index is 0.595. The summed E-state index contributed by atoms with van der Waals surface area (Å²) in [6.45, 7) is 9.78. The highest BCUT2D eigenvalue weighted by atomic mass is 16.5. The Hall–Kier alpha value is -0.0800. The third-order valence-corrected chi connectivity index (χ3v) is 2.29. The lowest BCUT2D eigenvalue weighted by atomic mass is 10.2. The van der Waals surface area contributed by atoms with Gasteiger partial charge in [0.05, 0.1) is 6.61 Å². The molecule has 11 heavy (non-hydrogen) atoms. The molecule has 66 valence electrons. The number of ether oxygens (including phenoxy) is 1. The topological polar surface area (TPSA) is 12.5 Å². The van der Waals surface area contributed by atoms with Crippen molar-refractivity contribution in [3.63, 3.8) is 0 Å². The molecule has 0 aliphatic carbocycles. The monoisotopic (exact) mass is 157 g/mol. The molecule has 0 radical (unpaired) electrons. The number of hydrogen-bond acceptors (Lipinski definition) is 2. The second kappa shape index (κ2) is 4.07. The van der Waals surface area contributed by atoms with Crippen molar-refractivity contribution in [3.8, 4) is 0 Å². The van der Waals surface area contributed by atoms with Gasteiger partial charge < -0.3 is 4.74 Å². The molecule has 0 aromatic heterocycles. The zero-order valence-electron chi connectivity index (χ0n) is 7.84. The molecule has 2 nitrogen and oxygen atoms in total. The predicted molar refractivity (Wildman–Crippen MR) is 46.7 cm³/mol. The van der Waals surface area contributed by atoms with Crippen molar-refractivity contribution in [2.24, 2.45) is 0 Å². The number of hydrogen-bond donors (Lipinski definition) is 0. The van der Waals surface area contributed by atoms with Gasteiger partial charge in [0.1, 0.15) is 0 Å². The fourth-order valence-electron chi connectivity index (χ4n) is 1.69. The molecule has 0 aromatic carbocycles. The first kappa shape index (κ1) is 9.01. The highest BCUT2D eigenvalue weighted by Crippen LogP contribution is 2.10. The van der Waals surface area contributed by atoms with Crippen molar-refractivity contribution in [3.05, 3.63) is 0 Å². The molecule has 1 rings (SSSR count). The maximum atomic E-state index is 5.45. The summed E-state index contributed by atoms with van der Waals surface area (Å²) < 4.78 is 5.45. The number of rotatable bonds is 1. The van der Waals surface area contributed by atoms with Gasteiger partial charge >= 0.3 is 0 Å². The summed E-state index contributed by atoms with van der Waals surface area (Å²) in [6, 6.07) is 1.25. The van der Waals surface area contributed by atoms with Crippen molar-refractivity contribution in [1.29, 1.82) is 0 Å². The summed E-state index contributed by atoms with van der Waals surface area (Å²) in [5.41, 5.74) is 0. The van der Waals surface area contributed by atoms with Crippen LogP contribution in [-0.4, -0.2) is 36.7 Å². The molecule has 0 aromatic rings. The van der Waals surface area contributed by atoms with E-state index in [1.54, 1.807) is 0 Å². The van der Waals surface area contributed by atoms with Crippen LogP contribution in [0.3, 0.4) is 0 Å². The van der Waals surface area contributed by atoms with Crippen LogP contribution in [-0.2, 0) is 4.74 Å². The first-order chi connectivity index (χ1) is 5.22. The molecule has 1 atom stereocenters. The van der Waals surface area contributed by atoms with Gasteiger partial charge in [0.2, 0.25) is 0 Å². The van der Waals surface area contributed by atoms with Crippen LogP contribution in [0.1, 0.15) is 27.2 Å². The van der Waals surface area contributed by atoms with Crippen LogP contribution in [0.4, 0.5) is 0 Å². The van der Waals surface area contributed by atoms with Gasteiger partial charge in [-0.15, -0.1) is 0 Å². The average molecular weight is 157 g/mol. The van der Waals surface area contributed by atoms with E-state index < -0.39 is 0 Å². The smallest absolute Gasteiger partial charge is 0.0619 e. The Morgan fingerprint density at radius 2 is 2.18 bits per heavy atom. The summed E-state index contributed by atoms with van der Waals surface area (Å²) in [7, 11) is 0. The van der Waals surface area contributed by atoms with Gasteiger partial charge in [-0.05, 0) is 27.2 Å². The summed E-state index contributed by atoms with van der Waals surface area (Å²) in [5, 5.41) is 0. The molecule has 1 aliphatic rings. The molecule has 2 heteroatoms. The molecule has 1 aliphatic heterocycles. The average Bonchev–Trinajstić information content (AvgIpc) is 2.13. The van der Waals surface area contributed by atoms with Crippen LogP contribution in [0.5, 0.6) is 0 Å². The van der Waals surface area contributed by atoms with Crippen LogP contribution in [0, 0.1) is 0 Å². The SMILES string of the molecule is CC(C)N1CCCOCC1C. The molecule has 0 N–H and O–H groups in total. The van der Waals surface area contributed by atoms with Crippen LogP contribution < -0.4 is 0 Å². The predicted octanol–water partition coefficient (Wildman–Crippen LogP) is 1.51. The standard InChI is InChI=1S/C9H19NO/c1-8(2)10-5-4-6-11-7-9(10)3/h8-9H,4-7H2,1-3H3. The second-order valence-electron chi connectivity index (χ2n) is 3.61. The Morgan fingerprint density at radius 1 is 1.45 bits per heavy atom. The fourth-order valence-corrected chi connectivity index (χ4v) is 1.69. The minimum absolute atomic E-state index is 0.595. The van der Waals surface area contributed by atoms with Crippen molar-refractivity contribution in [2.75, 3.05) is 19.8 Å². The maximum Gasteiger partial charge on any atom is 0.0619 e. The summed E-state index contributed by atoms with van der Waals surface area (Å²) in [4.78, 5) is 2.51. The van der Waals surface area contributed by atoms with E-state index in [1.807, 2.05) is 0 Å². The lowest BCUT2D eigenvalue weighted by Gasteiger charge is -2.29. The van der Waals surface area contributed by atoms with Crippen LogP contribution in [0.25, 0.3) is 0 Å². The number of nitrogens with zero attached hydrogens (tertiary/aromatic N) is 1. The van der Waals surface area contributed by atoms with Crippen molar-refractivity contribution in [2.45, 2.75) is 39.3 Å². The molecular weight excluding hydrogens is 138 g/mol. The first-order valence-electron chi connectivity index (χ1n) is 4.55. The Kier molecular flexibility index (Phi) is 3.34. The van der Waals surface area contributed by atoms with Gasteiger partial charge in [0.15, 0.2) is 0 Å². The molecule has 0 bridgehead atoms. The van der Waals surface area contributed by atoms with Gasteiger partial charge in [-0.3, -0.25) is 4.90 Å². The van der Waals surface area contributed by atoms with Gasteiger partial charge in [-0.1, -0.05) is 0 Å². The van der Waals surface area contributed by atoms with E-state index in [9.17, 15) is 0 Å². The summed E-state index contributed by atoms with van der Waals surface area (Å²) >= 11 is 0.